The molecule has 1 aromatic carbocycles. The lowest BCUT2D eigenvalue weighted by Crippen LogP contribution is -2.39. The van der Waals surface area contributed by atoms with Crippen molar-refractivity contribution in [2.75, 3.05) is 13.2 Å². The van der Waals surface area contributed by atoms with E-state index in [0.717, 1.165) is 5.56 Å². The largest absolute Gasteiger partial charge is 0.395 e. The molecule has 1 rings (SSSR count). The van der Waals surface area contributed by atoms with Gasteiger partial charge >= 0.3 is 0 Å². The highest BCUT2D eigenvalue weighted by atomic mass is 16.3. The van der Waals surface area contributed by atoms with Crippen molar-refractivity contribution >= 4 is 0 Å². The summed E-state index contributed by atoms with van der Waals surface area (Å²) in [4.78, 5) is 0. The number of aliphatic hydroxyl groups is 2. The quantitative estimate of drug-likeness (QED) is 0.707. The summed E-state index contributed by atoms with van der Waals surface area (Å²) in [7, 11) is 0. The highest BCUT2D eigenvalue weighted by Gasteiger charge is 2.14. The van der Waals surface area contributed by atoms with Gasteiger partial charge in [-0.05, 0) is 23.6 Å². The van der Waals surface area contributed by atoms with E-state index in [1.165, 1.54) is 0 Å². The molecule has 2 atom stereocenters. The van der Waals surface area contributed by atoms with Crippen LogP contribution in [0.5, 0.6) is 0 Å². The molecular formula is C14H20N2O2. The average Bonchev–Trinajstić information content (AvgIpc) is 2.39. The maximum atomic E-state index is 9.98. The average molecular weight is 248 g/mol. The Morgan fingerprint density at radius 3 is 2.33 bits per heavy atom. The Morgan fingerprint density at radius 2 is 1.89 bits per heavy atom. The minimum atomic E-state index is -0.634. The molecule has 0 aliphatic heterocycles. The van der Waals surface area contributed by atoms with Crippen LogP contribution in [0.3, 0.4) is 0 Å². The third-order valence-corrected chi connectivity index (χ3v) is 3.00. The molecule has 0 spiro atoms. The van der Waals surface area contributed by atoms with Gasteiger partial charge in [-0.1, -0.05) is 26.0 Å². The summed E-state index contributed by atoms with van der Waals surface area (Å²) in [6.07, 6.45) is -0.634. The smallest absolute Gasteiger partial charge is 0.0991 e. The number of nitrogens with zero attached hydrogens (tertiary/aromatic N) is 1. The van der Waals surface area contributed by atoms with Crippen molar-refractivity contribution in [1.29, 1.82) is 5.26 Å². The van der Waals surface area contributed by atoms with Crippen LogP contribution in [0.25, 0.3) is 0 Å². The van der Waals surface area contributed by atoms with Gasteiger partial charge in [0.05, 0.1) is 24.3 Å². The first kappa shape index (κ1) is 14.7. The Kier molecular flexibility index (Phi) is 5.79. The van der Waals surface area contributed by atoms with E-state index in [1.807, 2.05) is 19.9 Å². The minimum absolute atomic E-state index is 0.0157. The van der Waals surface area contributed by atoms with Gasteiger partial charge in [-0.25, -0.2) is 0 Å². The second-order valence-electron chi connectivity index (χ2n) is 4.69. The van der Waals surface area contributed by atoms with Crippen molar-refractivity contribution in [3.8, 4) is 6.07 Å². The fraction of sp³-hybridized carbons (Fsp3) is 0.500. The molecule has 0 fully saturated rings. The van der Waals surface area contributed by atoms with E-state index < -0.39 is 6.10 Å². The molecule has 0 aliphatic carbocycles. The molecular weight excluding hydrogens is 228 g/mol. The third-order valence-electron chi connectivity index (χ3n) is 3.00. The maximum Gasteiger partial charge on any atom is 0.0991 e. The molecule has 1 unspecified atom stereocenters. The van der Waals surface area contributed by atoms with Crippen molar-refractivity contribution in [2.24, 2.45) is 5.92 Å². The van der Waals surface area contributed by atoms with Gasteiger partial charge in [0.1, 0.15) is 0 Å². The zero-order chi connectivity index (χ0) is 13.5. The molecule has 18 heavy (non-hydrogen) atoms. The molecule has 0 amide bonds. The second-order valence-corrected chi connectivity index (χ2v) is 4.69. The van der Waals surface area contributed by atoms with Crippen LogP contribution in [-0.4, -0.2) is 29.4 Å². The van der Waals surface area contributed by atoms with Gasteiger partial charge in [0.25, 0.3) is 0 Å². The monoisotopic (exact) mass is 248 g/mol. The van der Waals surface area contributed by atoms with E-state index in [4.69, 9.17) is 10.4 Å². The molecule has 0 saturated heterocycles. The van der Waals surface area contributed by atoms with Gasteiger partial charge in [0.15, 0.2) is 0 Å². The molecule has 1 aromatic rings. The van der Waals surface area contributed by atoms with Crippen LogP contribution in [0.4, 0.5) is 0 Å². The number of rotatable bonds is 6. The molecule has 0 heterocycles. The first-order valence-corrected chi connectivity index (χ1v) is 6.10. The fourth-order valence-corrected chi connectivity index (χ4v) is 1.67. The Morgan fingerprint density at radius 1 is 1.28 bits per heavy atom. The number of benzene rings is 1. The Labute approximate surface area is 108 Å². The number of nitriles is 1. The predicted octanol–water partition coefficient (Wildman–Crippen LogP) is 1.20. The van der Waals surface area contributed by atoms with Gasteiger partial charge in [-0.2, -0.15) is 5.26 Å². The zero-order valence-electron chi connectivity index (χ0n) is 10.8. The lowest BCUT2D eigenvalue weighted by atomic mass is 10.0. The van der Waals surface area contributed by atoms with Crippen LogP contribution in [-0.2, 0) is 0 Å². The summed E-state index contributed by atoms with van der Waals surface area (Å²) < 4.78 is 0. The van der Waals surface area contributed by atoms with Crippen molar-refractivity contribution < 1.29 is 10.2 Å². The van der Waals surface area contributed by atoms with Gasteiger partial charge < -0.3 is 15.5 Å². The topological polar surface area (TPSA) is 76.3 Å². The summed E-state index contributed by atoms with van der Waals surface area (Å²) in [5, 5.41) is 31.0. The highest BCUT2D eigenvalue weighted by molar-refractivity contribution is 5.32. The number of nitrogens with one attached hydrogen (secondary N) is 1. The van der Waals surface area contributed by atoms with Crippen molar-refractivity contribution in [1.82, 2.24) is 5.32 Å². The summed E-state index contributed by atoms with van der Waals surface area (Å²) in [6.45, 7) is 4.47. The molecule has 4 nitrogen and oxygen atoms in total. The Balaban J connectivity index is 2.54. The van der Waals surface area contributed by atoms with E-state index >= 15 is 0 Å². The van der Waals surface area contributed by atoms with Gasteiger partial charge in [-0.3, -0.25) is 0 Å². The van der Waals surface area contributed by atoms with Crippen molar-refractivity contribution in [2.45, 2.75) is 26.0 Å². The van der Waals surface area contributed by atoms with Crippen LogP contribution < -0.4 is 5.32 Å². The summed E-state index contributed by atoms with van der Waals surface area (Å²) >= 11 is 0. The Bertz CT molecular complexity index is 395. The molecule has 0 aromatic heterocycles. The van der Waals surface area contributed by atoms with Gasteiger partial charge in [0.2, 0.25) is 0 Å². The van der Waals surface area contributed by atoms with E-state index in [-0.39, 0.29) is 12.6 Å². The van der Waals surface area contributed by atoms with Gasteiger partial charge in [0, 0.05) is 12.6 Å². The lowest BCUT2D eigenvalue weighted by molar-refractivity contribution is 0.148. The van der Waals surface area contributed by atoms with E-state index in [9.17, 15) is 5.11 Å². The van der Waals surface area contributed by atoms with Crippen LogP contribution in [0.2, 0.25) is 0 Å². The van der Waals surface area contributed by atoms with Crippen LogP contribution in [0, 0.1) is 17.2 Å². The summed E-state index contributed by atoms with van der Waals surface area (Å²) in [5.74, 6) is 0.308. The third kappa shape index (κ3) is 4.11. The minimum Gasteiger partial charge on any atom is -0.395 e. The number of aliphatic hydroxyl groups excluding tert-OH is 2. The second kappa shape index (κ2) is 7.12. The highest BCUT2D eigenvalue weighted by Crippen LogP contribution is 2.13. The van der Waals surface area contributed by atoms with Gasteiger partial charge in [-0.15, -0.1) is 0 Å². The molecule has 0 radical (unpaired) electrons. The molecule has 4 heteroatoms. The molecule has 0 bridgehead atoms. The van der Waals surface area contributed by atoms with E-state index in [0.29, 0.717) is 18.0 Å². The normalized spacial score (nSPS) is 14.2. The SMILES string of the molecule is CC(C)[C@@H](CO)NCC(O)c1ccc(C#N)cc1. The molecule has 98 valence electrons. The number of hydrogen-bond acceptors (Lipinski definition) is 4. The molecule has 0 saturated carbocycles. The standard InChI is InChI=1S/C14H20N2O2/c1-10(2)13(9-17)16-8-14(18)12-5-3-11(7-15)4-6-12/h3-6,10,13-14,16-18H,8-9H2,1-2H3/t13-,14?/m1/s1. The number of hydrogen-bond donors (Lipinski definition) is 3. The van der Waals surface area contributed by atoms with Crippen LogP contribution >= 0.6 is 0 Å². The summed E-state index contributed by atoms with van der Waals surface area (Å²) in [6, 6.07) is 8.88. The van der Waals surface area contributed by atoms with Crippen LogP contribution in [0.15, 0.2) is 24.3 Å². The first-order valence-electron chi connectivity index (χ1n) is 6.10. The van der Waals surface area contributed by atoms with Crippen molar-refractivity contribution in [3.05, 3.63) is 35.4 Å². The van der Waals surface area contributed by atoms with E-state index in [1.54, 1.807) is 24.3 Å². The first-order chi connectivity index (χ1) is 8.58. The predicted molar refractivity (Wildman–Crippen MR) is 69.8 cm³/mol. The fourth-order valence-electron chi connectivity index (χ4n) is 1.67. The molecule has 0 aliphatic rings. The molecule has 3 N–H and O–H groups in total. The van der Waals surface area contributed by atoms with Crippen LogP contribution in [0.1, 0.15) is 31.1 Å². The summed E-state index contributed by atoms with van der Waals surface area (Å²) in [5.41, 5.74) is 1.34. The maximum absolute atomic E-state index is 9.98. The zero-order valence-corrected chi connectivity index (χ0v) is 10.8. The lowest BCUT2D eigenvalue weighted by Gasteiger charge is -2.22. The van der Waals surface area contributed by atoms with Crippen molar-refractivity contribution in [3.63, 3.8) is 0 Å². The Hall–Kier alpha value is -1.41. The van der Waals surface area contributed by atoms with E-state index in [2.05, 4.69) is 5.32 Å².